The van der Waals surface area contributed by atoms with Crippen LogP contribution in [-0.2, 0) is 0 Å². The highest BCUT2D eigenvalue weighted by Gasteiger charge is 2.12. The third-order valence-electron chi connectivity index (χ3n) is 2.34. The average molecular weight is 263 g/mol. The van der Waals surface area contributed by atoms with Crippen LogP contribution in [0.3, 0.4) is 0 Å². The largest absolute Gasteiger partial charge is 0.434 e. The Morgan fingerprint density at radius 1 is 1.39 bits per heavy atom. The number of hydrogen-bond acceptors (Lipinski definition) is 3. The smallest absolute Gasteiger partial charge is 0.239 e. The monoisotopic (exact) mass is 262 g/mol. The van der Waals surface area contributed by atoms with Crippen LogP contribution in [0, 0.1) is 24.1 Å². The lowest BCUT2D eigenvalue weighted by molar-refractivity contribution is 0.425. The van der Waals surface area contributed by atoms with Crippen molar-refractivity contribution < 1.29 is 9.13 Å². The molecule has 1 aromatic heterocycles. The van der Waals surface area contributed by atoms with Crippen LogP contribution in [-0.4, -0.2) is 4.98 Å². The maximum Gasteiger partial charge on any atom is 0.239 e. The van der Waals surface area contributed by atoms with Crippen molar-refractivity contribution in [2.75, 3.05) is 0 Å². The summed E-state index contributed by atoms with van der Waals surface area (Å²) >= 11 is 5.92. The Hall–Kier alpha value is -2.12. The van der Waals surface area contributed by atoms with Crippen LogP contribution in [0.4, 0.5) is 4.39 Å². The van der Waals surface area contributed by atoms with Gasteiger partial charge in [-0.1, -0.05) is 23.7 Å². The van der Waals surface area contributed by atoms with E-state index in [1.807, 2.05) is 6.07 Å². The molecule has 2 rings (SSSR count). The zero-order valence-corrected chi connectivity index (χ0v) is 10.2. The van der Waals surface area contributed by atoms with E-state index >= 15 is 0 Å². The number of aromatic nitrogens is 1. The minimum atomic E-state index is -0.474. The Labute approximate surface area is 108 Å². The average Bonchev–Trinajstić information content (AvgIpc) is 2.37. The number of hydrogen-bond donors (Lipinski definition) is 0. The van der Waals surface area contributed by atoms with E-state index in [-0.39, 0.29) is 22.2 Å². The number of ether oxygens (including phenoxy) is 1. The first-order valence-corrected chi connectivity index (χ1v) is 5.49. The van der Waals surface area contributed by atoms with Gasteiger partial charge in [-0.25, -0.2) is 9.37 Å². The lowest BCUT2D eigenvalue weighted by Gasteiger charge is -2.08. The fraction of sp³-hybridized carbons (Fsp3) is 0.0769. The van der Waals surface area contributed by atoms with Crippen molar-refractivity contribution in [3.05, 3.63) is 52.4 Å². The van der Waals surface area contributed by atoms with Crippen molar-refractivity contribution in [1.82, 2.24) is 4.98 Å². The lowest BCUT2D eigenvalue weighted by Crippen LogP contribution is -1.94. The van der Waals surface area contributed by atoms with Crippen molar-refractivity contribution >= 4 is 11.6 Å². The van der Waals surface area contributed by atoms with Crippen LogP contribution in [0.25, 0.3) is 0 Å². The van der Waals surface area contributed by atoms with Gasteiger partial charge in [0.25, 0.3) is 0 Å². The van der Waals surface area contributed by atoms with E-state index < -0.39 is 5.82 Å². The number of nitrogens with zero attached hydrogens (tertiary/aromatic N) is 2. The lowest BCUT2D eigenvalue weighted by atomic mass is 10.2. The molecule has 0 amide bonds. The number of pyridine rings is 1. The molecule has 5 heteroatoms. The Bertz CT molecular complexity index is 637. The molecule has 0 aliphatic heterocycles. The molecule has 2 aromatic rings. The van der Waals surface area contributed by atoms with Crippen molar-refractivity contribution in [3.8, 4) is 17.7 Å². The van der Waals surface area contributed by atoms with Gasteiger partial charge in [0.2, 0.25) is 5.88 Å². The Kier molecular flexibility index (Phi) is 3.45. The first-order valence-electron chi connectivity index (χ1n) is 5.11. The summed E-state index contributed by atoms with van der Waals surface area (Å²) in [5.41, 5.74) is 0.690. The number of nitriles is 1. The molecule has 18 heavy (non-hydrogen) atoms. The minimum absolute atomic E-state index is 0.0141. The third-order valence-corrected chi connectivity index (χ3v) is 2.71. The molecule has 0 atom stereocenters. The van der Waals surface area contributed by atoms with Gasteiger partial charge in [-0.05, 0) is 24.6 Å². The number of rotatable bonds is 2. The molecule has 0 aliphatic rings. The van der Waals surface area contributed by atoms with Crippen LogP contribution in [0.15, 0.2) is 30.5 Å². The summed E-state index contributed by atoms with van der Waals surface area (Å²) in [4.78, 5) is 3.88. The Morgan fingerprint density at radius 2 is 2.17 bits per heavy atom. The second-order valence-electron chi connectivity index (χ2n) is 3.58. The van der Waals surface area contributed by atoms with Gasteiger partial charge in [-0.2, -0.15) is 5.26 Å². The fourth-order valence-corrected chi connectivity index (χ4v) is 1.58. The van der Waals surface area contributed by atoms with Gasteiger partial charge < -0.3 is 4.74 Å². The highest BCUT2D eigenvalue weighted by atomic mass is 35.5. The third kappa shape index (κ3) is 2.27. The number of aryl methyl sites for hydroxylation is 1. The first-order chi connectivity index (χ1) is 8.63. The normalized spacial score (nSPS) is 9.89. The van der Waals surface area contributed by atoms with E-state index in [9.17, 15) is 4.39 Å². The van der Waals surface area contributed by atoms with Gasteiger partial charge in [0.1, 0.15) is 11.1 Å². The molecule has 1 aromatic carbocycles. The summed E-state index contributed by atoms with van der Waals surface area (Å²) in [5.74, 6) is -0.433. The number of benzene rings is 1. The summed E-state index contributed by atoms with van der Waals surface area (Å²) in [7, 11) is 0. The van der Waals surface area contributed by atoms with Crippen molar-refractivity contribution in [1.29, 1.82) is 5.26 Å². The highest BCUT2D eigenvalue weighted by Crippen LogP contribution is 2.31. The van der Waals surface area contributed by atoms with E-state index in [4.69, 9.17) is 21.6 Å². The zero-order valence-electron chi connectivity index (χ0n) is 9.45. The molecule has 0 aliphatic carbocycles. The summed E-state index contributed by atoms with van der Waals surface area (Å²) < 4.78 is 19.0. The van der Waals surface area contributed by atoms with E-state index in [2.05, 4.69) is 4.98 Å². The van der Waals surface area contributed by atoms with Gasteiger partial charge in [-0.15, -0.1) is 0 Å². The fourth-order valence-electron chi connectivity index (χ4n) is 1.39. The van der Waals surface area contributed by atoms with Crippen molar-refractivity contribution in [2.45, 2.75) is 6.92 Å². The number of halogens is 2. The molecule has 0 fully saturated rings. The molecule has 0 saturated heterocycles. The predicted molar refractivity (Wildman–Crippen MR) is 65.2 cm³/mol. The summed E-state index contributed by atoms with van der Waals surface area (Å²) in [6.07, 6.45) is 1.38. The maximum absolute atomic E-state index is 13.7. The molecule has 0 bridgehead atoms. The van der Waals surface area contributed by atoms with Gasteiger partial charge >= 0.3 is 0 Å². The molecule has 3 nitrogen and oxygen atoms in total. The highest BCUT2D eigenvalue weighted by molar-refractivity contribution is 6.33. The van der Waals surface area contributed by atoms with Gasteiger partial charge in [-0.3, -0.25) is 0 Å². The summed E-state index contributed by atoms with van der Waals surface area (Å²) in [6, 6.07) is 8.12. The van der Waals surface area contributed by atoms with Crippen LogP contribution >= 0.6 is 11.6 Å². The molecule has 1 heterocycles. The molecular weight excluding hydrogens is 255 g/mol. The molecular formula is C13H8ClFN2O. The minimum Gasteiger partial charge on any atom is -0.434 e. The van der Waals surface area contributed by atoms with Crippen LogP contribution < -0.4 is 4.74 Å². The van der Waals surface area contributed by atoms with Gasteiger partial charge in [0.15, 0.2) is 11.6 Å². The SMILES string of the molecule is Cc1cccc(Oc2nccc(C#N)c2Cl)c1F. The topological polar surface area (TPSA) is 45.9 Å². The standard InChI is InChI=1S/C13H8ClFN2O/c1-8-3-2-4-10(12(8)15)18-13-11(14)9(7-16)5-6-17-13/h2-6H,1H3. The van der Waals surface area contributed by atoms with E-state index in [1.54, 1.807) is 19.1 Å². The van der Waals surface area contributed by atoms with Crippen molar-refractivity contribution in [2.24, 2.45) is 0 Å². The predicted octanol–water partition coefficient (Wildman–Crippen LogP) is 3.85. The molecule has 0 spiro atoms. The molecule has 0 unspecified atom stereocenters. The molecule has 90 valence electrons. The van der Waals surface area contributed by atoms with Crippen LogP contribution in [0.1, 0.15) is 11.1 Å². The van der Waals surface area contributed by atoms with Gasteiger partial charge in [0, 0.05) is 6.20 Å². The second kappa shape index (κ2) is 5.03. The van der Waals surface area contributed by atoms with E-state index in [0.29, 0.717) is 5.56 Å². The molecule has 0 N–H and O–H groups in total. The van der Waals surface area contributed by atoms with E-state index in [0.717, 1.165) is 0 Å². The maximum atomic E-state index is 13.7. The second-order valence-corrected chi connectivity index (χ2v) is 3.96. The van der Waals surface area contributed by atoms with E-state index in [1.165, 1.54) is 18.3 Å². The van der Waals surface area contributed by atoms with Gasteiger partial charge in [0.05, 0.1) is 5.56 Å². The quantitative estimate of drug-likeness (QED) is 0.826. The Morgan fingerprint density at radius 3 is 2.89 bits per heavy atom. The Balaban J connectivity index is 2.41. The molecule has 0 saturated carbocycles. The summed E-state index contributed by atoms with van der Waals surface area (Å²) in [6.45, 7) is 1.63. The van der Waals surface area contributed by atoms with Crippen LogP contribution in [0.5, 0.6) is 11.6 Å². The molecule has 0 radical (unpaired) electrons. The first kappa shape index (κ1) is 12.3. The van der Waals surface area contributed by atoms with Crippen LogP contribution in [0.2, 0.25) is 5.02 Å². The summed E-state index contributed by atoms with van der Waals surface area (Å²) in [5, 5.41) is 8.89. The zero-order chi connectivity index (χ0) is 13.1. The van der Waals surface area contributed by atoms with Crippen molar-refractivity contribution in [3.63, 3.8) is 0 Å².